The molecule has 0 bridgehead atoms. The molecule has 40 heavy (non-hydrogen) atoms. The van der Waals surface area contributed by atoms with Crippen LogP contribution >= 0.6 is 0 Å². The van der Waals surface area contributed by atoms with Gasteiger partial charge in [0.2, 0.25) is 0 Å². The third kappa shape index (κ3) is 3.59. The van der Waals surface area contributed by atoms with Crippen LogP contribution in [-0.4, -0.2) is 64.8 Å². The topological polar surface area (TPSA) is 135 Å². The fourth-order valence-electron chi connectivity index (χ4n) is 8.37. The van der Waals surface area contributed by atoms with Crippen LogP contribution in [0, 0.1) is 35.0 Å². The molecule has 0 spiro atoms. The van der Waals surface area contributed by atoms with Crippen molar-refractivity contribution in [1.82, 2.24) is 0 Å². The molecule has 1 saturated heterocycles. The number of ether oxygens (including phenoxy) is 5. The largest absolute Gasteiger partial charge is 0.459 e. The number of Topliss-reactive ketones (excluding diaryl/α,β-unsaturated/α-hetero) is 1. The molecular formula is C30H40O10. The summed E-state index contributed by atoms with van der Waals surface area (Å²) in [4.78, 5) is 65.0. The van der Waals surface area contributed by atoms with Crippen LogP contribution < -0.4 is 0 Å². The molecule has 0 radical (unpaired) electrons. The quantitative estimate of drug-likeness (QED) is 0.206. The summed E-state index contributed by atoms with van der Waals surface area (Å²) >= 11 is 0. The number of epoxide rings is 1. The van der Waals surface area contributed by atoms with Gasteiger partial charge in [0, 0.05) is 38.2 Å². The maximum atomic E-state index is 14.4. The van der Waals surface area contributed by atoms with Gasteiger partial charge in [0.25, 0.3) is 0 Å². The van der Waals surface area contributed by atoms with E-state index in [0.29, 0.717) is 18.4 Å². The van der Waals surface area contributed by atoms with Crippen LogP contribution in [0.5, 0.6) is 0 Å². The number of fused-ring (bicyclic) bond motifs is 3. The van der Waals surface area contributed by atoms with E-state index in [9.17, 15) is 24.0 Å². The van der Waals surface area contributed by atoms with E-state index < -0.39 is 76.2 Å². The number of hydrogen-bond acceptors (Lipinski definition) is 10. The number of hydrogen-bond donors (Lipinski definition) is 0. The minimum absolute atomic E-state index is 0.202. The van der Waals surface area contributed by atoms with Gasteiger partial charge in [-0.2, -0.15) is 0 Å². The molecule has 5 aliphatic rings. The maximum absolute atomic E-state index is 14.4. The smallest absolute Gasteiger partial charge is 0.309 e. The van der Waals surface area contributed by atoms with E-state index in [1.807, 2.05) is 27.7 Å². The first-order valence-corrected chi connectivity index (χ1v) is 14.2. The van der Waals surface area contributed by atoms with Gasteiger partial charge in [0.1, 0.15) is 12.2 Å². The summed E-state index contributed by atoms with van der Waals surface area (Å²) in [7, 11) is 0. The van der Waals surface area contributed by atoms with Crippen LogP contribution in [0.25, 0.3) is 0 Å². The van der Waals surface area contributed by atoms with Crippen molar-refractivity contribution in [3.05, 3.63) is 11.6 Å². The van der Waals surface area contributed by atoms with E-state index in [-0.39, 0.29) is 23.5 Å². The van der Waals surface area contributed by atoms with Gasteiger partial charge < -0.3 is 23.7 Å². The van der Waals surface area contributed by atoms with Crippen LogP contribution in [0.2, 0.25) is 0 Å². The van der Waals surface area contributed by atoms with Crippen molar-refractivity contribution in [3.8, 4) is 0 Å². The lowest BCUT2D eigenvalue weighted by molar-refractivity contribution is -0.186. The van der Waals surface area contributed by atoms with E-state index in [1.165, 1.54) is 20.8 Å². The predicted octanol–water partition coefficient (Wildman–Crippen LogP) is 3.09. The molecule has 5 rings (SSSR count). The average molecular weight is 561 g/mol. The molecule has 10 nitrogen and oxygen atoms in total. The Bertz CT molecular complexity index is 1220. The molecule has 0 aromatic carbocycles. The summed E-state index contributed by atoms with van der Waals surface area (Å²) < 4.78 is 30.3. The van der Waals surface area contributed by atoms with Crippen molar-refractivity contribution < 1.29 is 47.7 Å². The molecule has 11 atom stereocenters. The Labute approximate surface area is 234 Å². The monoisotopic (exact) mass is 560 g/mol. The van der Waals surface area contributed by atoms with Gasteiger partial charge in [-0.25, -0.2) is 0 Å². The summed E-state index contributed by atoms with van der Waals surface area (Å²) in [6, 6.07) is 0. The van der Waals surface area contributed by atoms with Crippen molar-refractivity contribution in [2.24, 2.45) is 35.0 Å². The van der Waals surface area contributed by atoms with Gasteiger partial charge in [-0.1, -0.05) is 41.5 Å². The van der Waals surface area contributed by atoms with Gasteiger partial charge in [0.05, 0.1) is 11.8 Å². The zero-order valence-electron chi connectivity index (χ0n) is 24.7. The van der Waals surface area contributed by atoms with E-state index >= 15 is 0 Å². The molecule has 220 valence electrons. The lowest BCUT2D eigenvalue weighted by Gasteiger charge is -2.47. The van der Waals surface area contributed by atoms with E-state index in [0.717, 1.165) is 0 Å². The third-order valence-corrected chi connectivity index (χ3v) is 10.2. The second kappa shape index (κ2) is 8.87. The van der Waals surface area contributed by atoms with E-state index in [1.54, 1.807) is 19.9 Å². The molecule has 0 aromatic heterocycles. The average Bonchev–Trinajstić information content (AvgIpc) is 3.65. The normalized spacial score (nSPS) is 44.3. The van der Waals surface area contributed by atoms with Gasteiger partial charge in [0.15, 0.2) is 28.7 Å². The Morgan fingerprint density at radius 1 is 1.02 bits per heavy atom. The van der Waals surface area contributed by atoms with Crippen molar-refractivity contribution in [2.45, 2.75) is 110 Å². The Kier molecular flexibility index (Phi) is 6.38. The number of rotatable bonds is 6. The summed E-state index contributed by atoms with van der Waals surface area (Å²) in [5.74, 6) is -4.64. The van der Waals surface area contributed by atoms with Gasteiger partial charge >= 0.3 is 23.9 Å². The molecule has 10 heteroatoms. The second-order valence-corrected chi connectivity index (χ2v) is 13.1. The highest BCUT2D eigenvalue weighted by Crippen LogP contribution is 2.76. The summed E-state index contributed by atoms with van der Waals surface area (Å²) in [6.07, 6.45) is -0.227. The minimum atomic E-state index is -1.48. The Morgan fingerprint density at radius 2 is 1.65 bits per heavy atom. The molecule has 0 aromatic rings. The van der Waals surface area contributed by atoms with Crippen LogP contribution in [0.15, 0.2) is 11.6 Å². The van der Waals surface area contributed by atoms with Crippen molar-refractivity contribution in [2.75, 3.05) is 0 Å². The van der Waals surface area contributed by atoms with Crippen LogP contribution in [0.3, 0.4) is 0 Å². The SMILES string of the molecule is CCC(C)C(=O)OC1C(OC(C)=O)C2=CC34OC3(CC(C)C4OC(C)=O)C(=O)C(C)C2(OC(C)=O)C2C1C2(C)C. The first kappa shape index (κ1) is 28.8. The van der Waals surface area contributed by atoms with Gasteiger partial charge in [-0.3, -0.25) is 24.0 Å². The predicted molar refractivity (Wildman–Crippen MR) is 138 cm³/mol. The Balaban J connectivity index is 1.76. The lowest BCUT2D eigenvalue weighted by Crippen LogP contribution is -2.59. The molecule has 0 N–H and O–H groups in total. The standard InChI is InChI=1S/C30H40O10/c1-10-13(2)26(35)38-22-20-23(27(20,8)9)30(39-18(7)33)15(4)24(34)28-11-14(3)25(37-17(6)32)29(28,40-28)12-19(30)21(22)36-16(5)31/h12-15,20-23,25H,10-11H2,1-9H3. The van der Waals surface area contributed by atoms with Crippen LogP contribution in [0.1, 0.15) is 75.2 Å². The molecule has 3 saturated carbocycles. The second-order valence-electron chi connectivity index (χ2n) is 13.1. The highest BCUT2D eigenvalue weighted by Gasteiger charge is 2.88. The molecule has 0 amide bonds. The zero-order chi connectivity index (χ0) is 29.7. The molecule has 1 aliphatic heterocycles. The molecule has 4 aliphatic carbocycles. The van der Waals surface area contributed by atoms with E-state index in [2.05, 4.69) is 0 Å². The van der Waals surface area contributed by atoms with E-state index in [4.69, 9.17) is 23.7 Å². The first-order chi connectivity index (χ1) is 18.5. The maximum Gasteiger partial charge on any atom is 0.309 e. The number of carbonyl (C=O) groups excluding carboxylic acids is 5. The van der Waals surface area contributed by atoms with Gasteiger partial charge in [-0.15, -0.1) is 0 Å². The fraction of sp³-hybridized carbons (Fsp3) is 0.767. The minimum Gasteiger partial charge on any atom is -0.459 e. The third-order valence-electron chi connectivity index (χ3n) is 10.2. The number of carbonyl (C=O) groups is 5. The lowest BCUT2D eigenvalue weighted by atomic mass is 9.67. The zero-order valence-corrected chi connectivity index (χ0v) is 24.7. The molecule has 1 heterocycles. The molecular weight excluding hydrogens is 520 g/mol. The van der Waals surface area contributed by atoms with Gasteiger partial charge in [-0.05, 0) is 30.3 Å². The first-order valence-electron chi connectivity index (χ1n) is 14.2. The highest BCUT2D eigenvalue weighted by atomic mass is 16.7. The Hall–Kier alpha value is -2.75. The van der Waals surface area contributed by atoms with Crippen LogP contribution in [-0.2, 0) is 47.7 Å². The van der Waals surface area contributed by atoms with Crippen LogP contribution in [0.4, 0.5) is 0 Å². The summed E-state index contributed by atoms with van der Waals surface area (Å²) in [6.45, 7) is 15.1. The molecule has 4 fully saturated rings. The highest BCUT2D eigenvalue weighted by molar-refractivity contribution is 5.98. The molecule has 11 unspecified atom stereocenters. The van der Waals surface area contributed by atoms with Crippen molar-refractivity contribution in [3.63, 3.8) is 0 Å². The number of ketones is 1. The fourth-order valence-corrected chi connectivity index (χ4v) is 8.37. The Morgan fingerprint density at radius 3 is 2.20 bits per heavy atom. The summed E-state index contributed by atoms with van der Waals surface area (Å²) in [5.41, 5.74) is -4.27. The van der Waals surface area contributed by atoms with Crippen molar-refractivity contribution in [1.29, 1.82) is 0 Å². The summed E-state index contributed by atoms with van der Waals surface area (Å²) in [5, 5.41) is 0. The van der Waals surface area contributed by atoms with Crippen molar-refractivity contribution >= 4 is 29.7 Å². The number of esters is 4.